The van der Waals surface area contributed by atoms with Gasteiger partial charge in [0.05, 0.1) is 10.6 Å². The monoisotopic (exact) mass is 358 g/mol. The van der Waals surface area contributed by atoms with E-state index in [-0.39, 0.29) is 10.8 Å². The van der Waals surface area contributed by atoms with Gasteiger partial charge in [-0.25, -0.2) is 8.42 Å². The smallest absolute Gasteiger partial charge is 0.264 e. The van der Waals surface area contributed by atoms with Gasteiger partial charge in [0.2, 0.25) is 0 Å². The molecule has 2 aromatic rings. The van der Waals surface area contributed by atoms with Gasteiger partial charge in [-0.3, -0.25) is 9.10 Å². The third-order valence-corrected chi connectivity index (χ3v) is 6.33. The Kier molecular flexibility index (Phi) is 5.08. The van der Waals surface area contributed by atoms with Crippen LogP contribution in [0, 0.1) is 0 Å². The highest BCUT2D eigenvalue weighted by Gasteiger charge is 2.24. The maximum Gasteiger partial charge on any atom is 0.264 e. The summed E-state index contributed by atoms with van der Waals surface area (Å²) < 4.78 is 27.0. The van der Waals surface area contributed by atoms with Crippen LogP contribution < -0.4 is 4.31 Å². The summed E-state index contributed by atoms with van der Waals surface area (Å²) in [5.74, 6) is 0.0121. The minimum absolute atomic E-state index is 0.0121. The van der Waals surface area contributed by atoms with Crippen LogP contribution in [-0.2, 0) is 10.0 Å². The number of nitrogens with zero attached hydrogens (tertiary/aromatic N) is 2. The predicted molar refractivity (Wildman–Crippen MR) is 98.2 cm³/mol. The minimum atomic E-state index is -3.61. The van der Waals surface area contributed by atoms with Gasteiger partial charge in [0.15, 0.2) is 0 Å². The van der Waals surface area contributed by atoms with Gasteiger partial charge >= 0.3 is 0 Å². The molecule has 1 amide bonds. The summed E-state index contributed by atoms with van der Waals surface area (Å²) >= 11 is 0. The number of anilines is 1. The number of hydrogen-bond acceptors (Lipinski definition) is 3. The zero-order valence-electron chi connectivity index (χ0n) is 14.3. The zero-order valence-corrected chi connectivity index (χ0v) is 15.1. The largest absolute Gasteiger partial charge is 0.339 e. The lowest BCUT2D eigenvalue weighted by atomic mass is 10.2. The highest BCUT2D eigenvalue weighted by atomic mass is 32.2. The van der Waals surface area contributed by atoms with Crippen LogP contribution in [0.5, 0.6) is 0 Å². The van der Waals surface area contributed by atoms with Crippen LogP contribution in [-0.4, -0.2) is 38.9 Å². The Morgan fingerprint density at radius 2 is 1.60 bits per heavy atom. The van der Waals surface area contributed by atoms with E-state index in [1.807, 2.05) is 4.90 Å². The van der Waals surface area contributed by atoms with Crippen molar-refractivity contribution >= 4 is 21.6 Å². The Morgan fingerprint density at radius 3 is 2.16 bits per heavy atom. The molecule has 1 aliphatic rings. The van der Waals surface area contributed by atoms with E-state index in [1.165, 1.54) is 4.31 Å². The Hall–Kier alpha value is -2.34. The van der Waals surface area contributed by atoms with E-state index in [4.69, 9.17) is 0 Å². The number of sulfonamides is 1. The van der Waals surface area contributed by atoms with Crippen molar-refractivity contribution < 1.29 is 13.2 Å². The van der Waals surface area contributed by atoms with Gasteiger partial charge in [-0.15, -0.1) is 0 Å². The van der Waals surface area contributed by atoms with Gasteiger partial charge in [0.25, 0.3) is 15.9 Å². The summed E-state index contributed by atoms with van der Waals surface area (Å²) in [6.45, 7) is 3.70. The lowest BCUT2D eigenvalue weighted by Crippen LogP contribution is -2.31. The molecule has 6 heteroatoms. The summed E-state index contributed by atoms with van der Waals surface area (Å²) in [5.41, 5.74) is 1.16. The minimum Gasteiger partial charge on any atom is -0.339 e. The van der Waals surface area contributed by atoms with E-state index in [0.29, 0.717) is 17.8 Å². The Labute approximate surface area is 148 Å². The van der Waals surface area contributed by atoms with E-state index >= 15 is 0 Å². The Balaban J connectivity index is 1.86. The molecule has 0 aromatic heterocycles. The number of rotatable bonds is 5. The van der Waals surface area contributed by atoms with E-state index in [1.54, 1.807) is 61.5 Å². The quantitative estimate of drug-likeness (QED) is 0.825. The van der Waals surface area contributed by atoms with Gasteiger partial charge in [0.1, 0.15) is 0 Å². The second kappa shape index (κ2) is 7.27. The molecule has 0 spiro atoms. The lowest BCUT2D eigenvalue weighted by Gasteiger charge is -2.23. The van der Waals surface area contributed by atoms with Crippen molar-refractivity contribution in [3.05, 3.63) is 60.2 Å². The molecule has 0 bridgehead atoms. The fourth-order valence-corrected chi connectivity index (χ4v) is 4.58. The summed E-state index contributed by atoms with van der Waals surface area (Å²) in [6.07, 6.45) is 2.09. The molecule has 0 radical (unpaired) electrons. The molecule has 0 atom stereocenters. The maximum absolute atomic E-state index is 12.8. The van der Waals surface area contributed by atoms with Crippen molar-refractivity contribution in [3.63, 3.8) is 0 Å². The number of likely N-dealkylation sites (tertiary alicyclic amines) is 1. The summed E-state index contributed by atoms with van der Waals surface area (Å²) in [7, 11) is -3.61. The van der Waals surface area contributed by atoms with Crippen LogP contribution in [0.25, 0.3) is 0 Å². The van der Waals surface area contributed by atoms with Crippen molar-refractivity contribution in [1.29, 1.82) is 0 Å². The lowest BCUT2D eigenvalue weighted by molar-refractivity contribution is 0.0793. The average Bonchev–Trinajstić information content (AvgIpc) is 3.17. The second-order valence-electron chi connectivity index (χ2n) is 6.03. The molecule has 3 rings (SSSR count). The first-order chi connectivity index (χ1) is 12.0. The van der Waals surface area contributed by atoms with Crippen LogP contribution in [0.1, 0.15) is 30.1 Å². The van der Waals surface area contributed by atoms with Crippen LogP contribution in [0.4, 0.5) is 5.69 Å². The molecule has 1 heterocycles. The molecule has 0 N–H and O–H groups in total. The van der Waals surface area contributed by atoms with Crippen LogP contribution in [0.2, 0.25) is 0 Å². The van der Waals surface area contributed by atoms with Gasteiger partial charge in [-0.2, -0.15) is 0 Å². The Bertz CT molecular complexity index is 827. The molecule has 1 saturated heterocycles. The fourth-order valence-electron chi connectivity index (χ4n) is 3.08. The third-order valence-electron chi connectivity index (χ3n) is 4.41. The van der Waals surface area contributed by atoms with Gasteiger partial charge < -0.3 is 4.90 Å². The SMILES string of the molecule is CCN(c1ccc(C(=O)N2CCCC2)cc1)S(=O)(=O)c1ccccc1. The summed E-state index contributed by atoms with van der Waals surface area (Å²) in [5, 5.41) is 0. The molecule has 0 unspecified atom stereocenters. The molecule has 0 aliphatic carbocycles. The van der Waals surface area contributed by atoms with Crippen LogP contribution in [0.3, 0.4) is 0 Å². The van der Waals surface area contributed by atoms with Gasteiger partial charge in [-0.1, -0.05) is 18.2 Å². The van der Waals surface area contributed by atoms with Crippen molar-refractivity contribution in [3.8, 4) is 0 Å². The first kappa shape index (κ1) is 17.5. The summed E-state index contributed by atoms with van der Waals surface area (Å²) in [6, 6.07) is 15.2. The number of hydrogen-bond donors (Lipinski definition) is 0. The maximum atomic E-state index is 12.8. The Morgan fingerprint density at radius 1 is 1.00 bits per heavy atom. The first-order valence-electron chi connectivity index (χ1n) is 8.51. The summed E-state index contributed by atoms with van der Waals surface area (Å²) in [4.78, 5) is 14.5. The van der Waals surface area contributed by atoms with Gasteiger partial charge in [0, 0.05) is 25.2 Å². The molecule has 1 fully saturated rings. The number of benzene rings is 2. The molecular weight excluding hydrogens is 336 g/mol. The third kappa shape index (κ3) is 3.54. The van der Waals surface area contributed by atoms with Crippen molar-refractivity contribution in [2.45, 2.75) is 24.7 Å². The van der Waals surface area contributed by atoms with E-state index in [9.17, 15) is 13.2 Å². The topological polar surface area (TPSA) is 57.7 Å². The molecule has 0 saturated carbocycles. The standard InChI is InChI=1S/C19H22N2O3S/c1-2-21(25(23,24)18-8-4-3-5-9-18)17-12-10-16(11-13-17)19(22)20-14-6-7-15-20/h3-5,8-13H,2,6-7,14-15H2,1H3. The van der Waals surface area contributed by atoms with Crippen molar-refractivity contribution in [2.24, 2.45) is 0 Å². The van der Waals surface area contributed by atoms with Crippen LogP contribution >= 0.6 is 0 Å². The van der Waals surface area contributed by atoms with Crippen LogP contribution in [0.15, 0.2) is 59.5 Å². The highest BCUT2D eigenvalue weighted by Crippen LogP contribution is 2.24. The fraction of sp³-hybridized carbons (Fsp3) is 0.316. The molecular formula is C19H22N2O3S. The molecule has 25 heavy (non-hydrogen) atoms. The molecule has 1 aliphatic heterocycles. The van der Waals surface area contributed by atoms with Gasteiger partial charge in [-0.05, 0) is 56.2 Å². The highest BCUT2D eigenvalue weighted by molar-refractivity contribution is 7.92. The number of carbonyl (C=O) groups excluding carboxylic acids is 1. The average molecular weight is 358 g/mol. The zero-order chi connectivity index (χ0) is 17.9. The van der Waals surface area contributed by atoms with Crippen molar-refractivity contribution in [1.82, 2.24) is 4.90 Å². The molecule has 5 nitrogen and oxygen atoms in total. The number of carbonyl (C=O) groups is 1. The normalized spacial score (nSPS) is 14.5. The second-order valence-corrected chi connectivity index (χ2v) is 7.89. The molecule has 2 aromatic carbocycles. The molecule has 132 valence electrons. The van der Waals surface area contributed by atoms with E-state index in [0.717, 1.165) is 25.9 Å². The number of amides is 1. The first-order valence-corrected chi connectivity index (χ1v) is 9.95. The van der Waals surface area contributed by atoms with Crippen molar-refractivity contribution in [2.75, 3.05) is 23.9 Å². The van der Waals surface area contributed by atoms with E-state index in [2.05, 4.69) is 0 Å². The predicted octanol–water partition coefficient (Wildman–Crippen LogP) is 3.14. The van der Waals surface area contributed by atoms with E-state index < -0.39 is 10.0 Å².